The number of aryl methyl sites for hydroxylation is 1. The first-order chi connectivity index (χ1) is 14.3. The van der Waals surface area contributed by atoms with Crippen LogP contribution in [0, 0.1) is 0 Å². The average molecular weight is 423 g/mol. The van der Waals surface area contributed by atoms with Crippen molar-refractivity contribution in [1.29, 1.82) is 0 Å². The lowest BCUT2D eigenvalue weighted by Gasteiger charge is -2.24. The highest BCUT2D eigenvalue weighted by Gasteiger charge is 2.30. The lowest BCUT2D eigenvalue weighted by Crippen LogP contribution is -2.41. The van der Waals surface area contributed by atoms with Crippen LogP contribution in [0.4, 0.5) is 0 Å². The number of fused-ring (bicyclic) bond motifs is 3. The molecule has 3 heterocycles. The molecule has 30 heavy (non-hydrogen) atoms. The second-order valence-electron chi connectivity index (χ2n) is 7.70. The van der Waals surface area contributed by atoms with Crippen molar-refractivity contribution in [3.8, 4) is 10.6 Å². The summed E-state index contributed by atoms with van der Waals surface area (Å²) in [5.41, 5.74) is 8.72. The molecule has 8 nitrogen and oxygen atoms in total. The highest BCUT2D eigenvalue weighted by molar-refractivity contribution is 7.21. The number of hydrogen-bond acceptors (Lipinski definition) is 6. The van der Waals surface area contributed by atoms with Gasteiger partial charge >= 0.3 is 0 Å². The van der Waals surface area contributed by atoms with E-state index in [1.807, 2.05) is 49.7 Å². The first kappa shape index (κ1) is 20.0. The summed E-state index contributed by atoms with van der Waals surface area (Å²) < 4.78 is 1.94. The van der Waals surface area contributed by atoms with Crippen LogP contribution in [0.2, 0.25) is 0 Å². The molecule has 0 atom stereocenters. The predicted octanol–water partition coefficient (Wildman–Crippen LogP) is 2.51. The van der Waals surface area contributed by atoms with Crippen molar-refractivity contribution >= 4 is 44.5 Å². The number of carbonyl (C=O) groups excluding carboxylic acids is 2. The molecule has 4 aromatic rings. The zero-order chi connectivity index (χ0) is 21.5. The molecule has 0 aliphatic rings. The Bertz CT molecular complexity index is 1270. The summed E-state index contributed by atoms with van der Waals surface area (Å²) in [7, 11) is 1.94. The molecule has 0 spiro atoms. The van der Waals surface area contributed by atoms with E-state index in [1.54, 1.807) is 12.5 Å². The van der Waals surface area contributed by atoms with Gasteiger partial charge in [-0.05, 0) is 25.5 Å². The standard InChI is InChI=1S/C21H22N6O2S/c1-21(2,20(29)23-8-7-15(22)28)13-6-4-5-12(9-13)18-26-16-17-14(25-11-27(17)3)10-24-19(16)30-18/h4-6,9-11H,7-8H2,1-3H3,(H2,22,28)(H,23,29). The minimum atomic E-state index is -0.780. The molecule has 2 amide bonds. The number of primary amides is 1. The van der Waals surface area contributed by atoms with E-state index in [0.717, 1.165) is 37.5 Å². The van der Waals surface area contributed by atoms with Crippen molar-refractivity contribution < 1.29 is 9.59 Å². The quantitative estimate of drug-likeness (QED) is 0.495. The number of hydrogen-bond donors (Lipinski definition) is 2. The van der Waals surface area contributed by atoms with Gasteiger partial charge in [0, 0.05) is 25.6 Å². The van der Waals surface area contributed by atoms with Gasteiger partial charge in [-0.15, -0.1) is 0 Å². The maximum Gasteiger partial charge on any atom is 0.230 e. The zero-order valence-corrected chi connectivity index (χ0v) is 17.8. The number of carbonyl (C=O) groups is 2. The summed E-state index contributed by atoms with van der Waals surface area (Å²) >= 11 is 1.51. The Balaban J connectivity index is 1.68. The van der Waals surface area contributed by atoms with Crippen LogP contribution in [0.5, 0.6) is 0 Å². The first-order valence-electron chi connectivity index (χ1n) is 9.51. The van der Waals surface area contributed by atoms with Crippen LogP contribution < -0.4 is 11.1 Å². The molecule has 9 heteroatoms. The third-order valence-electron chi connectivity index (χ3n) is 5.16. The molecule has 154 valence electrons. The summed E-state index contributed by atoms with van der Waals surface area (Å²) in [5.74, 6) is -0.606. The molecule has 0 radical (unpaired) electrons. The molecule has 1 aromatic carbocycles. The molecule has 3 N–H and O–H groups in total. The molecular weight excluding hydrogens is 400 g/mol. The van der Waals surface area contributed by atoms with Gasteiger partial charge in [-0.1, -0.05) is 29.5 Å². The number of nitrogens with one attached hydrogen (secondary N) is 1. The summed E-state index contributed by atoms with van der Waals surface area (Å²) in [5, 5.41) is 3.62. The van der Waals surface area contributed by atoms with Gasteiger partial charge in [0.15, 0.2) is 0 Å². The van der Waals surface area contributed by atoms with E-state index in [2.05, 4.69) is 15.3 Å². The lowest BCUT2D eigenvalue weighted by molar-refractivity contribution is -0.125. The Morgan fingerprint density at radius 1 is 1.27 bits per heavy atom. The van der Waals surface area contributed by atoms with Gasteiger partial charge in [0.25, 0.3) is 0 Å². The van der Waals surface area contributed by atoms with E-state index in [1.165, 1.54) is 11.3 Å². The number of amides is 2. The van der Waals surface area contributed by atoms with Crippen LogP contribution >= 0.6 is 11.3 Å². The van der Waals surface area contributed by atoms with E-state index < -0.39 is 11.3 Å². The number of imidazole rings is 1. The molecule has 0 saturated heterocycles. The number of thiazole rings is 1. The van der Waals surface area contributed by atoms with Gasteiger partial charge in [0.1, 0.15) is 20.9 Å². The Labute approximate surface area is 177 Å². The highest BCUT2D eigenvalue weighted by atomic mass is 32.1. The molecule has 0 saturated carbocycles. The van der Waals surface area contributed by atoms with Crippen LogP contribution in [0.1, 0.15) is 25.8 Å². The van der Waals surface area contributed by atoms with Crippen molar-refractivity contribution in [2.24, 2.45) is 12.8 Å². The minimum absolute atomic E-state index is 0.114. The van der Waals surface area contributed by atoms with Crippen molar-refractivity contribution in [2.45, 2.75) is 25.7 Å². The zero-order valence-electron chi connectivity index (χ0n) is 17.0. The number of benzene rings is 1. The number of pyridine rings is 1. The third kappa shape index (κ3) is 3.52. The van der Waals surface area contributed by atoms with Gasteiger partial charge < -0.3 is 15.6 Å². The number of nitrogens with two attached hydrogens (primary N) is 1. The van der Waals surface area contributed by atoms with Crippen LogP contribution in [-0.4, -0.2) is 37.9 Å². The number of nitrogens with zero attached hydrogens (tertiary/aromatic N) is 4. The van der Waals surface area contributed by atoms with Crippen LogP contribution in [0.25, 0.3) is 32.0 Å². The summed E-state index contributed by atoms with van der Waals surface area (Å²) in [4.78, 5) is 38.1. The van der Waals surface area contributed by atoms with Crippen molar-refractivity contribution in [3.05, 3.63) is 42.4 Å². The molecule has 0 aliphatic carbocycles. The van der Waals surface area contributed by atoms with Crippen LogP contribution in [-0.2, 0) is 22.1 Å². The van der Waals surface area contributed by atoms with Gasteiger partial charge in [0.2, 0.25) is 11.8 Å². The normalized spacial score (nSPS) is 11.8. The maximum atomic E-state index is 12.7. The van der Waals surface area contributed by atoms with Gasteiger partial charge in [-0.25, -0.2) is 15.0 Å². The highest BCUT2D eigenvalue weighted by Crippen LogP contribution is 2.34. The molecule has 0 fully saturated rings. The summed E-state index contributed by atoms with van der Waals surface area (Å²) in [6.07, 6.45) is 3.63. The molecule has 0 aliphatic heterocycles. The molecule has 0 bridgehead atoms. The fraction of sp³-hybridized carbons (Fsp3) is 0.286. The SMILES string of the molecule is Cn1cnc2cnc3sc(-c4cccc(C(C)(C)C(=O)NCCC(N)=O)c4)nc3c21. The van der Waals surface area contributed by atoms with Crippen LogP contribution in [0.15, 0.2) is 36.8 Å². The monoisotopic (exact) mass is 422 g/mol. The largest absolute Gasteiger partial charge is 0.370 e. The number of aromatic nitrogens is 4. The van der Waals surface area contributed by atoms with E-state index in [0.29, 0.717) is 0 Å². The molecular formula is C21H22N6O2S. The fourth-order valence-corrected chi connectivity index (χ4v) is 4.23. The van der Waals surface area contributed by atoms with Crippen LogP contribution in [0.3, 0.4) is 0 Å². The van der Waals surface area contributed by atoms with Gasteiger partial charge in [-0.2, -0.15) is 0 Å². The van der Waals surface area contributed by atoms with E-state index in [4.69, 9.17) is 10.7 Å². The first-order valence-corrected chi connectivity index (χ1v) is 10.3. The maximum absolute atomic E-state index is 12.7. The van der Waals surface area contributed by atoms with Gasteiger partial charge in [0.05, 0.1) is 23.5 Å². The molecule has 4 rings (SSSR count). The van der Waals surface area contributed by atoms with Crippen molar-refractivity contribution in [1.82, 2.24) is 24.8 Å². The summed E-state index contributed by atoms with van der Waals surface area (Å²) in [6.45, 7) is 3.93. The fourth-order valence-electron chi connectivity index (χ4n) is 3.32. The average Bonchev–Trinajstić information content (AvgIpc) is 3.31. The second-order valence-corrected chi connectivity index (χ2v) is 8.68. The Kier molecular flexibility index (Phi) is 4.98. The Hall–Kier alpha value is -3.33. The van der Waals surface area contributed by atoms with E-state index in [-0.39, 0.29) is 18.9 Å². The summed E-state index contributed by atoms with van der Waals surface area (Å²) in [6, 6.07) is 7.79. The predicted molar refractivity (Wildman–Crippen MR) is 117 cm³/mol. The topological polar surface area (TPSA) is 116 Å². The Morgan fingerprint density at radius 2 is 2.07 bits per heavy atom. The third-order valence-corrected chi connectivity index (χ3v) is 6.17. The van der Waals surface area contributed by atoms with Crippen molar-refractivity contribution in [3.63, 3.8) is 0 Å². The second kappa shape index (κ2) is 7.49. The van der Waals surface area contributed by atoms with E-state index in [9.17, 15) is 9.59 Å². The van der Waals surface area contributed by atoms with Gasteiger partial charge in [-0.3, -0.25) is 9.59 Å². The van der Waals surface area contributed by atoms with Crippen molar-refractivity contribution in [2.75, 3.05) is 6.54 Å². The molecule has 0 unspecified atom stereocenters. The minimum Gasteiger partial charge on any atom is -0.370 e. The Morgan fingerprint density at radius 3 is 2.83 bits per heavy atom. The lowest BCUT2D eigenvalue weighted by atomic mass is 9.83. The number of rotatable bonds is 6. The van der Waals surface area contributed by atoms with E-state index >= 15 is 0 Å². The molecule has 3 aromatic heterocycles. The smallest absolute Gasteiger partial charge is 0.230 e.